The molecule has 2 N–H and O–H groups in total. The summed E-state index contributed by atoms with van der Waals surface area (Å²) in [6, 6.07) is 23.2. The van der Waals surface area contributed by atoms with Crippen molar-refractivity contribution in [2.45, 2.75) is 38.8 Å². The Hall–Kier alpha value is -2.43. The van der Waals surface area contributed by atoms with Crippen LogP contribution in [0.5, 0.6) is 0 Å². The molecule has 0 aliphatic carbocycles. The molecule has 0 spiro atoms. The standard InChI is InChI=1S/C24H28N2OS/c1-18-10-14-21(15-11-18)24(22-9-6-16-28-22)25-17-23(27)26-19(2)12-13-20-7-4-3-5-8-20/h3-11,14-16,19,24-25H,12-13,17H2,1-2H3,(H,26,27)/t19-,24+/m0/s1. The second-order valence-corrected chi connectivity index (χ2v) is 8.21. The molecule has 0 saturated heterocycles. The van der Waals surface area contributed by atoms with Gasteiger partial charge in [0.05, 0.1) is 12.6 Å². The second-order valence-electron chi connectivity index (χ2n) is 7.23. The Kier molecular flexibility index (Phi) is 7.40. The first-order valence-electron chi connectivity index (χ1n) is 9.78. The molecule has 3 nitrogen and oxygen atoms in total. The molecule has 0 unspecified atom stereocenters. The van der Waals surface area contributed by atoms with Crippen LogP contribution in [0, 0.1) is 6.92 Å². The molecule has 0 fully saturated rings. The van der Waals surface area contributed by atoms with Gasteiger partial charge < -0.3 is 5.32 Å². The molecule has 3 aromatic rings. The van der Waals surface area contributed by atoms with Gasteiger partial charge in [0.25, 0.3) is 0 Å². The molecule has 4 heteroatoms. The van der Waals surface area contributed by atoms with Crippen molar-refractivity contribution in [3.63, 3.8) is 0 Å². The number of thiophene rings is 1. The van der Waals surface area contributed by atoms with E-state index in [-0.39, 0.29) is 18.0 Å². The molecule has 0 radical (unpaired) electrons. The van der Waals surface area contributed by atoms with Gasteiger partial charge in [-0.15, -0.1) is 11.3 Å². The topological polar surface area (TPSA) is 41.1 Å². The van der Waals surface area contributed by atoms with Crippen molar-refractivity contribution >= 4 is 17.2 Å². The summed E-state index contributed by atoms with van der Waals surface area (Å²) in [5.74, 6) is 0.0363. The third-order valence-corrected chi connectivity index (χ3v) is 5.76. The maximum Gasteiger partial charge on any atom is 0.234 e. The van der Waals surface area contributed by atoms with Crippen LogP contribution in [0.2, 0.25) is 0 Å². The summed E-state index contributed by atoms with van der Waals surface area (Å²) >= 11 is 1.71. The van der Waals surface area contributed by atoms with Crippen molar-refractivity contribution in [1.82, 2.24) is 10.6 Å². The molecule has 1 heterocycles. The molecule has 1 aromatic heterocycles. The molecule has 0 saturated carbocycles. The minimum Gasteiger partial charge on any atom is -0.353 e. The van der Waals surface area contributed by atoms with E-state index in [0.29, 0.717) is 6.54 Å². The van der Waals surface area contributed by atoms with Crippen molar-refractivity contribution in [2.75, 3.05) is 6.54 Å². The normalized spacial score (nSPS) is 13.1. The van der Waals surface area contributed by atoms with Gasteiger partial charge in [0, 0.05) is 10.9 Å². The summed E-state index contributed by atoms with van der Waals surface area (Å²) in [7, 11) is 0. The lowest BCUT2D eigenvalue weighted by atomic mass is 10.0. The molecule has 2 aromatic carbocycles. The zero-order valence-corrected chi connectivity index (χ0v) is 17.3. The number of hydrogen-bond acceptors (Lipinski definition) is 3. The lowest BCUT2D eigenvalue weighted by Gasteiger charge is -2.19. The van der Waals surface area contributed by atoms with E-state index in [4.69, 9.17) is 0 Å². The van der Waals surface area contributed by atoms with E-state index < -0.39 is 0 Å². The quantitative estimate of drug-likeness (QED) is 0.545. The molecular weight excluding hydrogens is 364 g/mol. The molecule has 2 atom stereocenters. The number of nitrogens with one attached hydrogen (secondary N) is 2. The highest BCUT2D eigenvalue weighted by Gasteiger charge is 2.16. The Bertz CT molecular complexity index is 844. The van der Waals surface area contributed by atoms with E-state index in [1.807, 2.05) is 6.07 Å². The summed E-state index contributed by atoms with van der Waals surface area (Å²) < 4.78 is 0. The summed E-state index contributed by atoms with van der Waals surface area (Å²) in [5.41, 5.74) is 3.72. The van der Waals surface area contributed by atoms with Gasteiger partial charge in [0.1, 0.15) is 0 Å². The summed E-state index contributed by atoms with van der Waals surface area (Å²) in [4.78, 5) is 13.7. The van der Waals surface area contributed by atoms with Crippen LogP contribution in [0.1, 0.15) is 41.0 Å². The van der Waals surface area contributed by atoms with E-state index in [1.165, 1.54) is 21.6 Å². The summed E-state index contributed by atoms with van der Waals surface area (Å²) in [6.45, 7) is 4.45. The molecule has 0 bridgehead atoms. The minimum absolute atomic E-state index is 0.0333. The average Bonchev–Trinajstić information content (AvgIpc) is 3.23. The fourth-order valence-corrected chi connectivity index (χ4v) is 4.04. The van der Waals surface area contributed by atoms with Crippen LogP contribution in [0.15, 0.2) is 72.1 Å². The third kappa shape index (κ3) is 6.04. The van der Waals surface area contributed by atoms with Crippen molar-refractivity contribution in [2.24, 2.45) is 0 Å². The van der Waals surface area contributed by atoms with Crippen LogP contribution < -0.4 is 10.6 Å². The lowest BCUT2D eigenvalue weighted by molar-refractivity contribution is -0.120. The fraction of sp³-hybridized carbons (Fsp3) is 0.292. The minimum atomic E-state index is 0.0333. The van der Waals surface area contributed by atoms with Gasteiger partial charge in [-0.2, -0.15) is 0 Å². The predicted molar refractivity (Wildman–Crippen MR) is 118 cm³/mol. The van der Waals surface area contributed by atoms with Gasteiger partial charge >= 0.3 is 0 Å². The molecular formula is C24H28N2OS. The number of aryl methyl sites for hydroxylation is 2. The van der Waals surface area contributed by atoms with Crippen molar-refractivity contribution in [1.29, 1.82) is 0 Å². The van der Waals surface area contributed by atoms with Gasteiger partial charge in [-0.05, 0) is 49.3 Å². The molecule has 0 aliphatic rings. The van der Waals surface area contributed by atoms with Crippen LogP contribution in [0.4, 0.5) is 0 Å². The number of hydrogen-bond donors (Lipinski definition) is 2. The molecule has 0 aliphatic heterocycles. The highest BCUT2D eigenvalue weighted by molar-refractivity contribution is 7.10. The lowest BCUT2D eigenvalue weighted by Crippen LogP contribution is -2.40. The SMILES string of the molecule is Cc1ccc([C@@H](NCC(=O)N[C@@H](C)CCc2ccccc2)c2cccs2)cc1. The number of carbonyl (C=O) groups is 1. The highest BCUT2D eigenvalue weighted by Crippen LogP contribution is 2.26. The predicted octanol–water partition coefficient (Wildman–Crippen LogP) is 4.87. The number of rotatable bonds is 9. The van der Waals surface area contributed by atoms with Crippen molar-refractivity contribution in [3.8, 4) is 0 Å². The largest absolute Gasteiger partial charge is 0.353 e. The molecule has 146 valence electrons. The number of amides is 1. The Morgan fingerprint density at radius 2 is 1.75 bits per heavy atom. The Morgan fingerprint density at radius 3 is 2.43 bits per heavy atom. The number of carbonyl (C=O) groups excluding carboxylic acids is 1. The van der Waals surface area contributed by atoms with Gasteiger partial charge in [-0.25, -0.2) is 0 Å². The third-order valence-electron chi connectivity index (χ3n) is 4.82. The summed E-state index contributed by atoms with van der Waals surface area (Å²) in [5, 5.41) is 8.62. The Morgan fingerprint density at radius 1 is 1.00 bits per heavy atom. The monoisotopic (exact) mass is 392 g/mol. The fourth-order valence-electron chi connectivity index (χ4n) is 3.22. The van der Waals surface area contributed by atoms with Gasteiger partial charge in [0.15, 0.2) is 0 Å². The summed E-state index contributed by atoms with van der Waals surface area (Å²) in [6.07, 6.45) is 1.90. The molecule has 28 heavy (non-hydrogen) atoms. The van der Waals surface area contributed by atoms with Gasteiger partial charge in [-0.3, -0.25) is 10.1 Å². The number of benzene rings is 2. The van der Waals surface area contributed by atoms with E-state index in [1.54, 1.807) is 11.3 Å². The van der Waals surface area contributed by atoms with Crippen LogP contribution in [-0.2, 0) is 11.2 Å². The first-order chi connectivity index (χ1) is 13.6. The maximum atomic E-state index is 12.5. The molecule has 1 amide bonds. The Balaban J connectivity index is 1.52. The first kappa shape index (κ1) is 20.3. The average molecular weight is 393 g/mol. The highest BCUT2D eigenvalue weighted by atomic mass is 32.1. The van der Waals surface area contributed by atoms with Crippen LogP contribution in [-0.4, -0.2) is 18.5 Å². The van der Waals surface area contributed by atoms with Crippen LogP contribution in [0.3, 0.4) is 0 Å². The van der Waals surface area contributed by atoms with Gasteiger partial charge in [0.2, 0.25) is 5.91 Å². The Labute approximate surface area is 171 Å². The molecule has 3 rings (SSSR count). The maximum absolute atomic E-state index is 12.5. The zero-order chi connectivity index (χ0) is 19.8. The zero-order valence-electron chi connectivity index (χ0n) is 16.5. The van der Waals surface area contributed by atoms with Crippen LogP contribution in [0.25, 0.3) is 0 Å². The van der Waals surface area contributed by atoms with Crippen molar-refractivity contribution in [3.05, 3.63) is 93.7 Å². The van der Waals surface area contributed by atoms with E-state index in [0.717, 1.165) is 12.8 Å². The van der Waals surface area contributed by atoms with Crippen molar-refractivity contribution < 1.29 is 4.79 Å². The van der Waals surface area contributed by atoms with Crippen LogP contribution >= 0.6 is 11.3 Å². The van der Waals surface area contributed by atoms with E-state index in [2.05, 4.69) is 90.5 Å². The smallest absolute Gasteiger partial charge is 0.234 e. The van der Waals surface area contributed by atoms with E-state index in [9.17, 15) is 4.79 Å². The van der Waals surface area contributed by atoms with Gasteiger partial charge in [-0.1, -0.05) is 66.2 Å². The second kappa shape index (κ2) is 10.2. The first-order valence-corrected chi connectivity index (χ1v) is 10.7. The van der Waals surface area contributed by atoms with E-state index >= 15 is 0 Å².